The SMILES string of the molecule is NCCCC[C@@H](N)c1c(F)cc(C(F)(F)F)cc1C(F)(F)F. The molecule has 2 nitrogen and oxygen atoms in total. The quantitative estimate of drug-likeness (QED) is 0.633. The Morgan fingerprint density at radius 1 is 0.955 bits per heavy atom. The fourth-order valence-corrected chi connectivity index (χ4v) is 2.05. The molecule has 0 unspecified atom stereocenters. The van der Waals surface area contributed by atoms with Gasteiger partial charge in [-0.05, 0) is 31.5 Å². The molecule has 0 saturated carbocycles. The van der Waals surface area contributed by atoms with Crippen LogP contribution in [0.25, 0.3) is 0 Å². The van der Waals surface area contributed by atoms with Crippen LogP contribution in [0.2, 0.25) is 0 Å². The van der Waals surface area contributed by atoms with Crippen LogP contribution in [0.5, 0.6) is 0 Å². The van der Waals surface area contributed by atoms with E-state index in [0.717, 1.165) is 0 Å². The zero-order chi connectivity index (χ0) is 17.1. The second-order valence-corrected chi connectivity index (χ2v) is 4.81. The zero-order valence-corrected chi connectivity index (χ0v) is 11.4. The second-order valence-electron chi connectivity index (χ2n) is 4.81. The summed E-state index contributed by atoms with van der Waals surface area (Å²) < 4.78 is 90.2. The third-order valence-electron chi connectivity index (χ3n) is 3.10. The van der Waals surface area contributed by atoms with Gasteiger partial charge in [-0.1, -0.05) is 6.42 Å². The molecule has 0 radical (unpaired) electrons. The molecular formula is C13H15F7N2. The summed E-state index contributed by atoms with van der Waals surface area (Å²) in [6.45, 7) is 0.286. The van der Waals surface area contributed by atoms with Crippen LogP contribution in [0.3, 0.4) is 0 Å². The topological polar surface area (TPSA) is 52.0 Å². The molecule has 0 fully saturated rings. The fraction of sp³-hybridized carbons (Fsp3) is 0.538. The van der Waals surface area contributed by atoms with E-state index in [9.17, 15) is 30.7 Å². The Morgan fingerprint density at radius 2 is 1.55 bits per heavy atom. The maximum Gasteiger partial charge on any atom is 0.416 e. The monoisotopic (exact) mass is 332 g/mol. The number of benzene rings is 1. The molecule has 0 heterocycles. The first-order valence-electron chi connectivity index (χ1n) is 6.42. The van der Waals surface area contributed by atoms with Gasteiger partial charge >= 0.3 is 12.4 Å². The van der Waals surface area contributed by atoms with Crippen molar-refractivity contribution >= 4 is 0 Å². The number of hydrogen-bond donors (Lipinski definition) is 2. The molecule has 0 saturated heterocycles. The molecule has 0 aliphatic rings. The molecule has 9 heteroatoms. The second kappa shape index (κ2) is 6.82. The first-order chi connectivity index (χ1) is 9.98. The van der Waals surface area contributed by atoms with Gasteiger partial charge in [0.05, 0.1) is 11.1 Å². The molecule has 0 aliphatic heterocycles. The standard InChI is InChI=1S/C13H15F7N2/c14-9-6-7(12(15,16)17)5-8(13(18,19)20)11(9)10(22)3-1-2-4-21/h5-6,10H,1-4,21-22H2/t10-/m1/s1. The molecule has 0 amide bonds. The summed E-state index contributed by atoms with van der Waals surface area (Å²) in [5, 5.41) is 0. The third kappa shape index (κ3) is 4.57. The minimum Gasteiger partial charge on any atom is -0.330 e. The largest absolute Gasteiger partial charge is 0.416 e. The lowest BCUT2D eigenvalue weighted by molar-refractivity contribution is -0.144. The molecule has 4 N–H and O–H groups in total. The average Bonchev–Trinajstić information content (AvgIpc) is 2.35. The lowest BCUT2D eigenvalue weighted by atomic mass is 9.94. The summed E-state index contributed by atoms with van der Waals surface area (Å²) in [7, 11) is 0. The first kappa shape index (κ1) is 18.7. The summed E-state index contributed by atoms with van der Waals surface area (Å²) in [5.74, 6) is -1.61. The molecule has 0 bridgehead atoms. The van der Waals surface area contributed by atoms with E-state index in [0.29, 0.717) is 12.8 Å². The molecule has 1 aromatic carbocycles. The normalized spacial score (nSPS) is 14.2. The highest BCUT2D eigenvalue weighted by Crippen LogP contribution is 2.40. The predicted molar refractivity (Wildman–Crippen MR) is 66.2 cm³/mol. The summed E-state index contributed by atoms with van der Waals surface area (Å²) in [5.41, 5.74) is 6.42. The van der Waals surface area contributed by atoms with Gasteiger partial charge in [0.1, 0.15) is 5.82 Å². The fourth-order valence-electron chi connectivity index (χ4n) is 2.05. The van der Waals surface area contributed by atoms with Gasteiger partial charge in [0.15, 0.2) is 0 Å². The molecular weight excluding hydrogens is 317 g/mol. The van der Waals surface area contributed by atoms with Gasteiger partial charge in [-0.2, -0.15) is 26.3 Å². The van der Waals surface area contributed by atoms with Crippen molar-refractivity contribution in [2.24, 2.45) is 11.5 Å². The van der Waals surface area contributed by atoms with Crippen molar-refractivity contribution in [1.82, 2.24) is 0 Å². The lowest BCUT2D eigenvalue weighted by Crippen LogP contribution is -2.21. The molecule has 1 aromatic rings. The van der Waals surface area contributed by atoms with Crippen LogP contribution >= 0.6 is 0 Å². The maximum absolute atomic E-state index is 13.8. The van der Waals surface area contributed by atoms with Crippen LogP contribution in [0.15, 0.2) is 12.1 Å². The van der Waals surface area contributed by atoms with E-state index in [2.05, 4.69) is 0 Å². The Bertz CT molecular complexity index is 508. The van der Waals surface area contributed by atoms with E-state index in [1.807, 2.05) is 0 Å². The van der Waals surface area contributed by atoms with E-state index in [4.69, 9.17) is 11.5 Å². The highest BCUT2D eigenvalue weighted by Gasteiger charge is 2.40. The van der Waals surface area contributed by atoms with Gasteiger partial charge in [0.2, 0.25) is 0 Å². The van der Waals surface area contributed by atoms with Gasteiger partial charge in [-0.3, -0.25) is 0 Å². The molecule has 0 aliphatic carbocycles. The Morgan fingerprint density at radius 3 is 2.00 bits per heavy atom. The summed E-state index contributed by atoms with van der Waals surface area (Å²) in [4.78, 5) is 0. The van der Waals surface area contributed by atoms with Crippen LogP contribution in [-0.2, 0) is 12.4 Å². The Hall–Kier alpha value is -1.35. The van der Waals surface area contributed by atoms with Crippen molar-refractivity contribution in [2.45, 2.75) is 37.7 Å². The predicted octanol–water partition coefficient (Wildman–Crippen LogP) is 3.99. The van der Waals surface area contributed by atoms with Crippen LogP contribution in [-0.4, -0.2) is 6.54 Å². The van der Waals surface area contributed by atoms with Gasteiger partial charge in [-0.25, -0.2) is 4.39 Å². The van der Waals surface area contributed by atoms with Crippen molar-refractivity contribution in [2.75, 3.05) is 6.54 Å². The molecule has 22 heavy (non-hydrogen) atoms. The zero-order valence-electron chi connectivity index (χ0n) is 11.4. The Balaban J connectivity index is 3.31. The molecule has 0 spiro atoms. The number of unbranched alkanes of at least 4 members (excludes halogenated alkanes) is 1. The number of rotatable bonds is 5. The van der Waals surface area contributed by atoms with Crippen molar-refractivity contribution < 1.29 is 30.7 Å². The van der Waals surface area contributed by atoms with E-state index in [1.165, 1.54) is 0 Å². The molecule has 0 aromatic heterocycles. The minimum absolute atomic E-state index is 0.0113. The van der Waals surface area contributed by atoms with Gasteiger partial charge in [0, 0.05) is 11.6 Å². The average molecular weight is 332 g/mol. The number of alkyl halides is 6. The van der Waals surface area contributed by atoms with E-state index >= 15 is 0 Å². The summed E-state index contributed by atoms with van der Waals surface area (Å²) >= 11 is 0. The van der Waals surface area contributed by atoms with Gasteiger partial charge in [-0.15, -0.1) is 0 Å². The third-order valence-corrected chi connectivity index (χ3v) is 3.10. The Labute approximate surface area is 122 Å². The molecule has 1 rings (SSSR count). The smallest absolute Gasteiger partial charge is 0.330 e. The van der Waals surface area contributed by atoms with Crippen molar-refractivity contribution in [3.8, 4) is 0 Å². The van der Waals surface area contributed by atoms with E-state index < -0.39 is 40.9 Å². The van der Waals surface area contributed by atoms with E-state index in [-0.39, 0.29) is 25.1 Å². The Kier molecular flexibility index (Phi) is 5.80. The van der Waals surface area contributed by atoms with Gasteiger partial charge in [0.25, 0.3) is 0 Å². The maximum atomic E-state index is 13.8. The van der Waals surface area contributed by atoms with Crippen molar-refractivity contribution in [3.63, 3.8) is 0 Å². The molecule has 1 atom stereocenters. The number of halogens is 7. The molecule has 126 valence electrons. The summed E-state index contributed by atoms with van der Waals surface area (Å²) in [6, 6.07) is -1.43. The number of nitrogens with two attached hydrogens (primary N) is 2. The lowest BCUT2D eigenvalue weighted by Gasteiger charge is -2.21. The van der Waals surface area contributed by atoms with Crippen LogP contribution in [0, 0.1) is 5.82 Å². The summed E-state index contributed by atoms with van der Waals surface area (Å²) in [6.07, 6.45) is -9.42. The van der Waals surface area contributed by atoms with Crippen molar-refractivity contribution in [1.29, 1.82) is 0 Å². The van der Waals surface area contributed by atoms with Gasteiger partial charge < -0.3 is 11.5 Å². The highest BCUT2D eigenvalue weighted by atomic mass is 19.4. The van der Waals surface area contributed by atoms with Crippen LogP contribution < -0.4 is 11.5 Å². The first-order valence-corrected chi connectivity index (χ1v) is 6.42. The van der Waals surface area contributed by atoms with Crippen LogP contribution in [0.1, 0.15) is 42.0 Å². The highest BCUT2D eigenvalue weighted by molar-refractivity contribution is 5.38. The van der Waals surface area contributed by atoms with E-state index in [1.54, 1.807) is 0 Å². The minimum atomic E-state index is -5.14. The van der Waals surface area contributed by atoms with Crippen molar-refractivity contribution in [3.05, 3.63) is 34.6 Å². The number of hydrogen-bond acceptors (Lipinski definition) is 2. The van der Waals surface area contributed by atoms with Crippen LogP contribution in [0.4, 0.5) is 30.7 Å².